The van der Waals surface area contributed by atoms with Crippen molar-refractivity contribution < 1.29 is 19.8 Å². The lowest BCUT2D eigenvalue weighted by Crippen LogP contribution is -2.55. The van der Waals surface area contributed by atoms with E-state index in [4.69, 9.17) is 0 Å². The summed E-state index contributed by atoms with van der Waals surface area (Å²) < 4.78 is 0. The normalized spacial score (nSPS) is 25.1. The largest absolute Gasteiger partial charge is 0.504 e. The van der Waals surface area contributed by atoms with E-state index in [1.807, 2.05) is 0 Å². The maximum absolute atomic E-state index is 12.4. The Morgan fingerprint density at radius 2 is 2.05 bits per heavy atom. The van der Waals surface area contributed by atoms with Crippen molar-refractivity contribution in [3.63, 3.8) is 0 Å². The Hall–Kier alpha value is -2.24. The van der Waals surface area contributed by atoms with Crippen LogP contribution >= 0.6 is 0 Å². The van der Waals surface area contributed by atoms with Crippen molar-refractivity contribution in [1.29, 1.82) is 0 Å². The van der Waals surface area contributed by atoms with Gasteiger partial charge in [0, 0.05) is 31.1 Å². The zero-order valence-corrected chi connectivity index (χ0v) is 11.6. The molecule has 2 heterocycles. The van der Waals surface area contributed by atoms with E-state index >= 15 is 0 Å². The number of phenolic OH excluding ortho intramolecular Hbond substituents is 2. The van der Waals surface area contributed by atoms with Crippen LogP contribution in [0.5, 0.6) is 11.5 Å². The van der Waals surface area contributed by atoms with E-state index in [1.165, 1.54) is 18.2 Å². The highest BCUT2D eigenvalue weighted by Gasteiger charge is 2.35. The first-order valence-electron chi connectivity index (χ1n) is 7.15. The average molecular weight is 290 g/mol. The Kier molecular flexibility index (Phi) is 3.45. The number of likely N-dealkylation sites (tertiary alicyclic amines) is 1. The van der Waals surface area contributed by atoms with Crippen LogP contribution in [0.2, 0.25) is 0 Å². The van der Waals surface area contributed by atoms with E-state index in [0.29, 0.717) is 31.0 Å². The van der Waals surface area contributed by atoms with Gasteiger partial charge in [-0.1, -0.05) is 0 Å². The van der Waals surface area contributed by atoms with E-state index in [-0.39, 0.29) is 29.4 Å². The number of carbonyl (C=O) groups is 2. The van der Waals surface area contributed by atoms with Crippen LogP contribution in [0, 0.1) is 5.92 Å². The number of carbonyl (C=O) groups excluding carboxylic acids is 2. The molecule has 2 unspecified atom stereocenters. The second-order valence-corrected chi connectivity index (χ2v) is 5.72. The molecule has 0 aliphatic carbocycles. The molecular weight excluding hydrogens is 272 g/mol. The van der Waals surface area contributed by atoms with Gasteiger partial charge in [0.25, 0.3) is 5.91 Å². The summed E-state index contributed by atoms with van der Waals surface area (Å²) in [5.41, 5.74) is 0.364. The molecule has 3 rings (SSSR count). The topological polar surface area (TPSA) is 89.9 Å². The molecule has 0 saturated carbocycles. The number of phenols is 2. The smallest absolute Gasteiger partial charge is 0.254 e. The van der Waals surface area contributed by atoms with Gasteiger partial charge < -0.3 is 20.4 Å². The van der Waals surface area contributed by atoms with Gasteiger partial charge in [0.05, 0.1) is 0 Å². The number of benzene rings is 1. The Morgan fingerprint density at radius 3 is 2.81 bits per heavy atom. The fraction of sp³-hybridized carbons (Fsp3) is 0.467. The second-order valence-electron chi connectivity index (χ2n) is 5.72. The van der Waals surface area contributed by atoms with Gasteiger partial charge in [0.1, 0.15) is 0 Å². The maximum Gasteiger partial charge on any atom is 0.254 e. The van der Waals surface area contributed by atoms with Crippen LogP contribution in [0.25, 0.3) is 0 Å². The van der Waals surface area contributed by atoms with Gasteiger partial charge in [-0.2, -0.15) is 0 Å². The minimum atomic E-state index is -0.291. The maximum atomic E-state index is 12.4. The molecule has 21 heavy (non-hydrogen) atoms. The van der Waals surface area contributed by atoms with Crippen LogP contribution in [0.15, 0.2) is 18.2 Å². The number of nitrogens with one attached hydrogen (secondary N) is 1. The molecule has 2 fully saturated rings. The van der Waals surface area contributed by atoms with E-state index in [9.17, 15) is 19.8 Å². The summed E-state index contributed by atoms with van der Waals surface area (Å²) in [7, 11) is 0. The fourth-order valence-electron chi connectivity index (χ4n) is 3.13. The molecule has 3 N–H and O–H groups in total. The van der Waals surface area contributed by atoms with Gasteiger partial charge in [-0.15, -0.1) is 0 Å². The van der Waals surface area contributed by atoms with Crippen molar-refractivity contribution in [2.24, 2.45) is 5.92 Å². The first-order valence-corrected chi connectivity index (χ1v) is 7.15. The fourth-order valence-corrected chi connectivity index (χ4v) is 3.13. The van der Waals surface area contributed by atoms with Gasteiger partial charge in [-0.3, -0.25) is 9.59 Å². The minimum Gasteiger partial charge on any atom is -0.504 e. The van der Waals surface area contributed by atoms with Crippen LogP contribution in [0.3, 0.4) is 0 Å². The van der Waals surface area contributed by atoms with Crippen molar-refractivity contribution >= 4 is 11.8 Å². The molecule has 1 aromatic carbocycles. The van der Waals surface area contributed by atoms with Crippen LogP contribution in [-0.2, 0) is 4.79 Å². The molecule has 0 bridgehead atoms. The molecule has 2 atom stereocenters. The van der Waals surface area contributed by atoms with Gasteiger partial charge in [-0.05, 0) is 37.0 Å². The van der Waals surface area contributed by atoms with Crippen LogP contribution in [-0.4, -0.2) is 46.1 Å². The van der Waals surface area contributed by atoms with E-state index < -0.39 is 0 Å². The standard InChI is InChI=1S/C15H18N2O4/c18-12-3-1-9(7-13(12)19)15(21)17-6-5-11-10(8-17)2-4-14(20)16-11/h1,3,7,10-11,18-19H,2,4-6,8H2,(H,16,20). The minimum absolute atomic E-state index is 0.0967. The average Bonchev–Trinajstić information content (AvgIpc) is 2.49. The van der Waals surface area contributed by atoms with E-state index in [2.05, 4.69) is 5.32 Å². The number of hydrogen-bond donors (Lipinski definition) is 3. The number of amides is 2. The SMILES string of the molecule is O=C1CCC2CN(C(=O)c3ccc(O)c(O)c3)CCC2N1. The molecule has 2 saturated heterocycles. The Bertz CT molecular complexity index is 587. The predicted octanol–water partition coefficient (Wildman–Crippen LogP) is 0.839. The quantitative estimate of drug-likeness (QED) is 0.669. The summed E-state index contributed by atoms with van der Waals surface area (Å²) in [6, 6.07) is 4.28. The molecule has 0 aromatic heterocycles. The number of fused-ring (bicyclic) bond motifs is 1. The number of rotatable bonds is 1. The van der Waals surface area contributed by atoms with Crippen molar-refractivity contribution in [1.82, 2.24) is 10.2 Å². The van der Waals surface area contributed by atoms with Crippen LogP contribution in [0.1, 0.15) is 29.6 Å². The lowest BCUT2D eigenvalue weighted by Gasteiger charge is -2.41. The summed E-state index contributed by atoms with van der Waals surface area (Å²) in [5.74, 6) is -0.285. The highest BCUT2D eigenvalue weighted by Crippen LogP contribution is 2.28. The first kappa shape index (κ1) is 13.7. The van der Waals surface area contributed by atoms with Crippen LogP contribution < -0.4 is 5.32 Å². The van der Waals surface area contributed by atoms with Gasteiger partial charge >= 0.3 is 0 Å². The third kappa shape index (κ3) is 2.66. The lowest BCUT2D eigenvalue weighted by atomic mass is 9.85. The zero-order chi connectivity index (χ0) is 15.0. The molecule has 2 aliphatic heterocycles. The number of hydrogen-bond acceptors (Lipinski definition) is 4. The number of nitrogens with zero attached hydrogens (tertiary/aromatic N) is 1. The molecule has 0 spiro atoms. The molecule has 112 valence electrons. The van der Waals surface area contributed by atoms with E-state index in [1.54, 1.807) is 4.90 Å². The summed E-state index contributed by atoms with van der Waals surface area (Å²) in [6.45, 7) is 1.20. The lowest BCUT2D eigenvalue weighted by molar-refractivity contribution is -0.125. The third-order valence-electron chi connectivity index (χ3n) is 4.33. The monoisotopic (exact) mass is 290 g/mol. The molecular formula is C15H18N2O4. The molecule has 2 amide bonds. The summed E-state index contributed by atoms with van der Waals surface area (Å²) in [5, 5.41) is 21.8. The van der Waals surface area contributed by atoms with Gasteiger partial charge in [0.2, 0.25) is 5.91 Å². The zero-order valence-electron chi connectivity index (χ0n) is 11.6. The molecule has 1 aromatic rings. The Labute approximate surface area is 122 Å². The summed E-state index contributed by atoms with van der Waals surface area (Å²) >= 11 is 0. The number of piperidine rings is 2. The van der Waals surface area contributed by atoms with Gasteiger partial charge in [0.15, 0.2) is 11.5 Å². The van der Waals surface area contributed by atoms with Crippen molar-refractivity contribution in [2.45, 2.75) is 25.3 Å². The first-order chi connectivity index (χ1) is 10.0. The van der Waals surface area contributed by atoms with Crippen molar-refractivity contribution in [3.8, 4) is 11.5 Å². The highest BCUT2D eigenvalue weighted by molar-refractivity contribution is 5.95. The molecule has 6 heteroatoms. The molecule has 6 nitrogen and oxygen atoms in total. The highest BCUT2D eigenvalue weighted by atomic mass is 16.3. The van der Waals surface area contributed by atoms with Gasteiger partial charge in [-0.25, -0.2) is 0 Å². The molecule has 2 aliphatic rings. The van der Waals surface area contributed by atoms with E-state index in [0.717, 1.165) is 12.8 Å². The molecule has 0 radical (unpaired) electrons. The van der Waals surface area contributed by atoms with Crippen LogP contribution in [0.4, 0.5) is 0 Å². The Morgan fingerprint density at radius 1 is 1.24 bits per heavy atom. The third-order valence-corrected chi connectivity index (χ3v) is 4.33. The number of aromatic hydroxyl groups is 2. The van der Waals surface area contributed by atoms with Crippen molar-refractivity contribution in [3.05, 3.63) is 23.8 Å². The predicted molar refractivity (Wildman–Crippen MR) is 74.9 cm³/mol. The summed E-state index contributed by atoms with van der Waals surface area (Å²) in [6.07, 6.45) is 2.08. The Balaban J connectivity index is 1.71. The van der Waals surface area contributed by atoms with Crippen molar-refractivity contribution in [2.75, 3.05) is 13.1 Å². The summed E-state index contributed by atoms with van der Waals surface area (Å²) in [4.78, 5) is 25.6. The second kappa shape index (κ2) is 5.27.